The molecule has 0 atom stereocenters. The summed E-state index contributed by atoms with van der Waals surface area (Å²) in [4.78, 5) is 0. The van der Waals surface area contributed by atoms with Crippen LogP contribution in [0.3, 0.4) is 0 Å². The summed E-state index contributed by atoms with van der Waals surface area (Å²) in [7, 11) is 0.858. The number of hydrogen-bond donors (Lipinski definition) is 0. The van der Waals surface area contributed by atoms with Crippen molar-refractivity contribution in [3.8, 4) is 0 Å². The Morgan fingerprint density at radius 3 is 2.11 bits per heavy atom. The molecule has 0 fully saturated rings. The Kier molecular flexibility index (Phi) is 4.32. The fraction of sp³-hybridized carbons (Fsp3) is 0.545. The third-order valence-electron chi connectivity index (χ3n) is 2.48. The highest BCUT2D eigenvalue weighted by Crippen LogP contribution is 2.39. The number of alkyl halides is 6. The molecule has 0 amide bonds. The van der Waals surface area contributed by atoms with Gasteiger partial charge in [0.05, 0.1) is 0 Å². The van der Waals surface area contributed by atoms with Crippen molar-refractivity contribution in [2.45, 2.75) is 32.1 Å². The van der Waals surface area contributed by atoms with Crippen LogP contribution in [-0.2, 0) is 25.8 Å². The molecule has 0 bridgehead atoms. The van der Waals surface area contributed by atoms with Crippen molar-refractivity contribution in [1.29, 1.82) is 0 Å². The average Bonchev–Trinajstić information content (AvgIpc) is 2.54. The van der Waals surface area contributed by atoms with Gasteiger partial charge in [0.2, 0.25) is 0 Å². The second-order valence-corrected chi connectivity index (χ2v) is 3.90. The van der Waals surface area contributed by atoms with Gasteiger partial charge in [0.25, 0.3) is 0 Å². The molecule has 2 nitrogen and oxygen atoms in total. The summed E-state index contributed by atoms with van der Waals surface area (Å²) in [6, 6.07) is 0. The second kappa shape index (κ2) is 5.26. The molecule has 8 heteroatoms. The van der Waals surface area contributed by atoms with Gasteiger partial charge in [-0.25, -0.2) is 0 Å². The van der Waals surface area contributed by atoms with Crippen molar-refractivity contribution in [3.63, 3.8) is 0 Å². The number of nitrogens with zero attached hydrogens (tertiary/aromatic N) is 2. The molecule has 19 heavy (non-hydrogen) atoms. The fourth-order valence-corrected chi connectivity index (χ4v) is 1.78. The number of rotatable bonds is 3. The molecule has 0 radical (unpaired) electrons. The van der Waals surface area contributed by atoms with Gasteiger partial charge in [-0.05, 0) is 19.8 Å². The molecule has 0 saturated carbocycles. The van der Waals surface area contributed by atoms with Crippen molar-refractivity contribution in [2.75, 3.05) is 0 Å². The van der Waals surface area contributed by atoms with E-state index in [9.17, 15) is 26.3 Å². The zero-order valence-corrected chi connectivity index (χ0v) is 10.2. The summed E-state index contributed by atoms with van der Waals surface area (Å²) in [6.45, 7) is 1.64. The molecule has 1 rings (SSSR count). The molecule has 1 aromatic rings. The third kappa shape index (κ3) is 3.51. The van der Waals surface area contributed by atoms with Crippen molar-refractivity contribution in [3.05, 3.63) is 29.1 Å². The topological polar surface area (TPSA) is 17.8 Å². The molecular formula is C11H12F6N2. The van der Waals surface area contributed by atoms with Crippen LogP contribution in [0.2, 0.25) is 0 Å². The van der Waals surface area contributed by atoms with Crippen LogP contribution in [0.15, 0.2) is 12.2 Å². The monoisotopic (exact) mass is 286 g/mol. The van der Waals surface area contributed by atoms with E-state index in [1.165, 1.54) is 6.08 Å². The largest absolute Gasteiger partial charge is 0.435 e. The van der Waals surface area contributed by atoms with Gasteiger partial charge >= 0.3 is 12.4 Å². The molecule has 1 heterocycles. The molecule has 0 aliphatic rings. The van der Waals surface area contributed by atoms with Crippen molar-refractivity contribution in [2.24, 2.45) is 7.05 Å². The number of halogens is 6. The van der Waals surface area contributed by atoms with E-state index in [4.69, 9.17) is 0 Å². The van der Waals surface area contributed by atoms with Crippen LogP contribution in [-0.4, -0.2) is 9.78 Å². The SMILES string of the molecule is C/C=C\CCc1c(C(F)(F)F)nn(C)c1C(F)(F)F. The molecule has 0 saturated heterocycles. The fourth-order valence-electron chi connectivity index (χ4n) is 1.78. The van der Waals surface area contributed by atoms with Crippen molar-refractivity contribution < 1.29 is 26.3 Å². The number of aryl methyl sites for hydroxylation is 1. The summed E-state index contributed by atoms with van der Waals surface area (Å²) in [5.41, 5.74) is -3.61. The Balaban J connectivity index is 3.34. The van der Waals surface area contributed by atoms with E-state index >= 15 is 0 Å². The highest BCUT2D eigenvalue weighted by molar-refractivity contribution is 5.31. The molecule has 108 valence electrons. The minimum absolute atomic E-state index is 0.0916. The summed E-state index contributed by atoms with van der Waals surface area (Å²) in [5.74, 6) is 0. The molecule has 0 aliphatic heterocycles. The number of allylic oxidation sites excluding steroid dienone is 2. The maximum atomic E-state index is 12.8. The summed E-state index contributed by atoms with van der Waals surface area (Å²) >= 11 is 0. The Morgan fingerprint density at radius 2 is 1.68 bits per heavy atom. The first-order valence-corrected chi connectivity index (χ1v) is 5.40. The summed E-state index contributed by atoms with van der Waals surface area (Å²) in [6.07, 6.45) is -6.95. The molecule has 0 spiro atoms. The predicted octanol–water partition coefficient (Wildman–Crippen LogP) is 3.97. The maximum Gasteiger partial charge on any atom is 0.435 e. The van der Waals surface area contributed by atoms with Crippen LogP contribution in [0.4, 0.5) is 26.3 Å². The lowest BCUT2D eigenvalue weighted by Crippen LogP contribution is -2.14. The van der Waals surface area contributed by atoms with Gasteiger partial charge in [-0.2, -0.15) is 31.4 Å². The van der Waals surface area contributed by atoms with E-state index in [1.54, 1.807) is 13.0 Å². The normalized spacial score (nSPS) is 13.5. The van der Waals surface area contributed by atoms with E-state index in [-0.39, 0.29) is 17.5 Å². The smallest absolute Gasteiger partial charge is 0.263 e. The lowest BCUT2D eigenvalue weighted by Gasteiger charge is -2.10. The van der Waals surface area contributed by atoms with E-state index in [2.05, 4.69) is 5.10 Å². The van der Waals surface area contributed by atoms with Crippen LogP contribution in [0.5, 0.6) is 0 Å². The van der Waals surface area contributed by atoms with E-state index in [1.807, 2.05) is 0 Å². The highest BCUT2D eigenvalue weighted by atomic mass is 19.4. The summed E-state index contributed by atoms with van der Waals surface area (Å²) in [5, 5.41) is 2.97. The minimum atomic E-state index is -4.90. The van der Waals surface area contributed by atoms with Crippen LogP contribution < -0.4 is 0 Å². The third-order valence-corrected chi connectivity index (χ3v) is 2.48. The molecule has 0 N–H and O–H groups in total. The van der Waals surface area contributed by atoms with Gasteiger partial charge in [0.15, 0.2) is 5.69 Å². The van der Waals surface area contributed by atoms with Gasteiger partial charge in [-0.3, -0.25) is 4.68 Å². The Labute approximate surface area is 105 Å². The molecule has 1 aromatic heterocycles. The summed E-state index contributed by atoms with van der Waals surface area (Å²) < 4.78 is 76.6. The first-order valence-electron chi connectivity index (χ1n) is 5.40. The van der Waals surface area contributed by atoms with Crippen molar-refractivity contribution in [1.82, 2.24) is 9.78 Å². The second-order valence-electron chi connectivity index (χ2n) is 3.90. The zero-order valence-electron chi connectivity index (χ0n) is 10.2. The lowest BCUT2D eigenvalue weighted by molar-refractivity contribution is -0.145. The molecule has 0 unspecified atom stereocenters. The van der Waals surface area contributed by atoms with Gasteiger partial charge in [-0.1, -0.05) is 12.2 Å². The minimum Gasteiger partial charge on any atom is -0.263 e. The van der Waals surface area contributed by atoms with E-state index in [0.717, 1.165) is 7.05 Å². The van der Waals surface area contributed by atoms with E-state index < -0.39 is 29.3 Å². The Bertz CT molecular complexity index is 467. The molecular weight excluding hydrogens is 274 g/mol. The quantitative estimate of drug-likeness (QED) is 0.607. The van der Waals surface area contributed by atoms with Gasteiger partial charge in [0.1, 0.15) is 5.69 Å². The van der Waals surface area contributed by atoms with Gasteiger partial charge in [0, 0.05) is 12.6 Å². The van der Waals surface area contributed by atoms with Gasteiger partial charge < -0.3 is 0 Å². The molecule has 0 aliphatic carbocycles. The number of aromatic nitrogens is 2. The predicted molar refractivity (Wildman–Crippen MR) is 56.3 cm³/mol. The maximum absolute atomic E-state index is 12.8. The average molecular weight is 286 g/mol. The zero-order chi connectivity index (χ0) is 14.8. The van der Waals surface area contributed by atoms with Crippen LogP contribution in [0, 0.1) is 0 Å². The highest BCUT2D eigenvalue weighted by Gasteiger charge is 2.45. The first-order chi connectivity index (χ1) is 8.59. The standard InChI is InChI=1S/C11H12F6N2/c1-3-4-5-6-7-8(10(12,13)14)18-19(2)9(7)11(15,16)17/h3-4H,5-6H2,1-2H3/b4-3-. The van der Waals surface area contributed by atoms with Gasteiger partial charge in [-0.15, -0.1) is 0 Å². The molecule has 0 aromatic carbocycles. The van der Waals surface area contributed by atoms with Crippen molar-refractivity contribution >= 4 is 0 Å². The lowest BCUT2D eigenvalue weighted by atomic mass is 10.1. The van der Waals surface area contributed by atoms with E-state index in [0.29, 0.717) is 0 Å². The van der Waals surface area contributed by atoms with Crippen LogP contribution >= 0.6 is 0 Å². The Hall–Kier alpha value is -1.47. The van der Waals surface area contributed by atoms with Crippen LogP contribution in [0.25, 0.3) is 0 Å². The first kappa shape index (κ1) is 15.6. The number of hydrogen-bond acceptors (Lipinski definition) is 1. The Morgan fingerprint density at radius 1 is 1.11 bits per heavy atom. The van der Waals surface area contributed by atoms with Crippen LogP contribution in [0.1, 0.15) is 30.3 Å².